The summed E-state index contributed by atoms with van der Waals surface area (Å²) >= 11 is 0. The number of para-hydroxylation sites is 2. The van der Waals surface area contributed by atoms with Gasteiger partial charge in [0.05, 0.1) is 31.1 Å². The number of nitrogens with one attached hydrogen (secondary N) is 1. The molecule has 154 valence electrons. The van der Waals surface area contributed by atoms with Gasteiger partial charge in [-0.2, -0.15) is 0 Å². The van der Waals surface area contributed by atoms with E-state index in [1.54, 1.807) is 25.3 Å². The second-order valence-corrected chi connectivity index (χ2v) is 7.43. The van der Waals surface area contributed by atoms with Crippen molar-refractivity contribution < 1.29 is 14.3 Å². The summed E-state index contributed by atoms with van der Waals surface area (Å²) in [7, 11) is 1.59. The number of hydrogen-bond acceptors (Lipinski definition) is 4. The van der Waals surface area contributed by atoms with Gasteiger partial charge in [-0.05, 0) is 49.1 Å². The molecule has 6 nitrogen and oxygen atoms in total. The molecule has 0 radical (unpaired) electrons. The molecule has 0 bridgehead atoms. The van der Waals surface area contributed by atoms with Crippen molar-refractivity contribution >= 4 is 16.9 Å². The number of amides is 1. The first-order chi connectivity index (χ1) is 14.1. The number of ether oxygens (including phenoxy) is 2. The number of rotatable bonds is 10. The second-order valence-electron chi connectivity index (χ2n) is 7.43. The Bertz CT molecular complexity index is 949. The van der Waals surface area contributed by atoms with Crippen molar-refractivity contribution in [3.8, 4) is 11.5 Å². The maximum Gasteiger partial charge on any atom is 0.251 e. The molecular formula is C23H29N3O3. The number of methoxy groups -OCH3 is 1. The predicted octanol–water partition coefficient (Wildman–Crippen LogP) is 4.29. The molecule has 0 atom stereocenters. The Hall–Kier alpha value is -3.02. The molecule has 0 aliphatic heterocycles. The van der Waals surface area contributed by atoms with Crippen LogP contribution in [-0.2, 0) is 6.54 Å². The van der Waals surface area contributed by atoms with Gasteiger partial charge in [0.25, 0.3) is 5.91 Å². The normalized spacial score (nSPS) is 11.0. The lowest BCUT2D eigenvalue weighted by Gasteiger charge is -2.13. The van der Waals surface area contributed by atoms with E-state index >= 15 is 0 Å². The van der Waals surface area contributed by atoms with Gasteiger partial charge in [0, 0.05) is 18.7 Å². The van der Waals surface area contributed by atoms with Crippen LogP contribution in [0.15, 0.2) is 48.8 Å². The van der Waals surface area contributed by atoms with Gasteiger partial charge in [-0.3, -0.25) is 4.79 Å². The van der Waals surface area contributed by atoms with Gasteiger partial charge in [-0.15, -0.1) is 0 Å². The van der Waals surface area contributed by atoms with E-state index in [4.69, 9.17) is 9.47 Å². The lowest BCUT2D eigenvalue weighted by atomic mass is 10.1. The van der Waals surface area contributed by atoms with Crippen LogP contribution in [0.5, 0.6) is 11.5 Å². The fourth-order valence-electron chi connectivity index (χ4n) is 3.07. The average molecular weight is 396 g/mol. The van der Waals surface area contributed by atoms with Gasteiger partial charge in [-0.25, -0.2) is 4.98 Å². The number of imidazole rings is 1. The van der Waals surface area contributed by atoms with Gasteiger partial charge in [0.15, 0.2) is 11.5 Å². The summed E-state index contributed by atoms with van der Waals surface area (Å²) in [6, 6.07) is 13.3. The largest absolute Gasteiger partial charge is 0.493 e. The molecular weight excluding hydrogens is 366 g/mol. The van der Waals surface area contributed by atoms with Crippen molar-refractivity contribution in [1.82, 2.24) is 14.9 Å². The van der Waals surface area contributed by atoms with Gasteiger partial charge >= 0.3 is 0 Å². The maximum absolute atomic E-state index is 12.5. The summed E-state index contributed by atoms with van der Waals surface area (Å²) in [5.41, 5.74) is 2.65. The second kappa shape index (κ2) is 9.96. The van der Waals surface area contributed by atoms with Crippen LogP contribution >= 0.6 is 0 Å². The highest BCUT2D eigenvalue weighted by Crippen LogP contribution is 2.28. The third-order valence-electron chi connectivity index (χ3n) is 4.77. The van der Waals surface area contributed by atoms with E-state index in [-0.39, 0.29) is 5.91 Å². The number of benzene rings is 2. The fourth-order valence-corrected chi connectivity index (χ4v) is 3.07. The zero-order chi connectivity index (χ0) is 20.6. The van der Waals surface area contributed by atoms with Crippen LogP contribution in [0.1, 0.15) is 37.0 Å². The summed E-state index contributed by atoms with van der Waals surface area (Å²) in [5.74, 6) is 1.70. The van der Waals surface area contributed by atoms with Crippen molar-refractivity contribution in [3.63, 3.8) is 0 Å². The van der Waals surface area contributed by atoms with Gasteiger partial charge in [0.1, 0.15) is 0 Å². The van der Waals surface area contributed by atoms with Crippen molar-refractivity contribution in [2.45, 2.75) is 33.2 Å². The SMILES string of the molecule is COc1cc(C(=O)NCCCn2cnc3ccccc32)ccc1OCCC(C)C. The van der Waals surface area contributed by atoms with Crippen molar-refractivity contribution in [3.05, 3.63) is 54.4 Å². The minimum Gasteiger partial charge on any atom is -0.493 e. The van der Waals surface area contributed by atoms with E-state index in [1.807, 2.05) is 24.5 Å². The lowest BCUT2D eigenvalue weighted by molar-refractivity contribution is 0.0952. The summed E-state index contributed by atoms with van der Waals surface area (Å²) in [5, 5.41) is 2.97. The maximum atomic E-state index is 12.5. The molecule has 3 aromatic rings. The third-order valence-corrected chi connectivity index (χ3v) is 4.77. The molecule has 1 aromatic heterocycles. The highest BCUT2D eigenvalue weighted by atomic mass is 16.5. The highest BCUT2D eigenvalue weighted by molar-refractivity contribution is 5.94. The van der Waals surface area contributed by atoms with E-state index in [0.717, 1.165) is 30.4 Å². The summed E-state index contributed by atoms with van der Waals surface area (Å²) in [6.45, 7) is 6.32. The summed E-state index contributed by atoms with van der Waals surface area (Å²) in [6.07, 6.45) is 3.63. The smallest absolute Gasteiger partial charge is 0.251 e. The first kappa shape index (κ1) is 20.7. The van der Waals surface area contributed by atoms with Crippen LogP contribution in [0.2, 0.25) is 0 Å². The molecule has 0 fully saturated rings. The zero-order valence-electron chi connectivity index (χ0n) is 17.4. The van der Waals surface area contributed by atoms with Crippen LogP contribution in [0.25, 0.3) is 11.0 Å². The van der Waals surface area contributed by atoms with Gasteiger partial charge < -0.3 is 19.4 Å². The van der Waals surface area contributed by atoms with Crippen LogP contribution in [0.3, 0.4) is 0 Å². The molecule has 1 heterocycles. The Kier molecular flexibility index (Phi) is 7.11. The molecule has 0 unspecified atom stereocenters. The molecule has 0 saturated carbocycles. The van der Waals surface area contributed by atoms with Crippen LogP contribution < -0.4 is 14.8 Å². The molecule has 1 amide bonds. The molecule has 1 N–H and O–H groups in total. The molecule has 3 rings (SSSR count). The van der Waals surface area contributed by atoms with Crippen molar-refractivity contribution in [2.24, 2.45) is 5.92 Å². The fraction of sp³-hybridized carbons (Fsp3) is 0.391. The van der Waals surface area contributed by atoms with Crippen molar-refractivity contribution in [1.29, 1.82) is 0 Å². The van der Waals surface area contributed by atoms with E-state index in [2.05, 4.69) is 34.8 Å². The molecule has 29 heavy (non-hydrogen) atoms. The average Bonchev–Trinajstić information content (AvgIpc) is 3.14. The molecule has 6 heteroatoms. The van der Waals surface area contributed by atoms with Crippen molar-refractivity contribution in [2.75, 3.05) is 20.3 Å². The Morgan fingerprint density at radius 2 is 2.00 bits per heavy atom. The first-order valence-corrected chi connectivity index (χ1v) is 10.1. The minimum absolute atomic E-state index is 0.118. The molecule has 0 aliphatic rings. The number of carbonyl (C=O) groups is 1. The first-order valence-electron chi connectivity index (χ1n) is 10.1. The number of fused-ring (bicyclic) bond motifs is 1. The summed E-state index contributed by atoms with van der Waals surface area (Å²) < 4.78 is 13.3. The number of nitrogens with zero attached hydrogens (tertiary/aromatic N) is 2. The Morgan fingerprint density at radius 3 is 2.79 bits per heavy atom. The quantitative estimate of drug-likeness (QED) is 0.520. The number of aryl methyl sites for hydroxylation is 1. The van der Waals surface area contributed by atoms with Crippen LogP contribution in [0.4, 0.5) is 0 Å². The molecule has 0 aliphatic carbocycles. The predicted molar refractivity (Wildman–Crippen MR) is 115 cm³/mol. The Labute approximate surface area is 171 Å². The van der Waals surface area contributed by atoms with Gasteiger partial charge in [-0.1, -0.05) is 26.0 Å². The molecule has 0 saturated heterocycles. The number of hydrogen-bond donors (Lipinski definition) is 1. The van der Waals surface area contributed by atoms with E-state index in [0.29, 0.717) is 36.1 Å². The Balaban J connectivity index is 1.51. The monoisotopic (exact) mass is 395 g/mol. The zero-order valence-corrected chi connectivity index (χ0v) is 17.4. The lowest BCUT2D eigenvalue weighted by Crippen LogP contribution is -2.25. The van der Waals surface area contributed by atoms with E-state index in [1.165, 1.54) is 0 Å². The molecule has 0 spiro atoms. The number of aromatic nitrogens is 2. The third kappa shape index (κ3) is 5.50. The highest BCUT2D eigenvalue weighted by Gasteiger charge is 2.11. The number of carbonyl (C=O) groups excluding carboxylic acids is 1. The van der Waals surface area contributed by atoms with E-state index in [9.17, 15) is 4.79 Å². The Morgan fingerprint density at radius 1 is 1.17 bits per heavy atom. The standard InChI is InChI=1S/C23H29N3O3/c1-17(2)11-14-29-21-10-9-18(15-22(21)28-3)23(27)24-12-6-13-26-16-25-19-7-4-5-8-20(19)26/h4-5,7-10,15-17H,6,11-14H2,1-3H3,(H,24,27). The minimum atomic E-state index is -0.118. The van der Waals surface area contributed by atoms with Gasteiger partial charge in [0.2, 0.25) is 0 Å². The topological polar surface area (TPSA) is 65.4 Å². The van der Waals surface area contributed by atoms with Crippen LogP contribution in [-0.4, -0.2) is 35.7 Å². The molecule has 2 aromatic carbocycles. The summed E-state index contributed by atoms with van der Waals surface area (Å²) in [4.78, 5) is 16.9. The van der Waals surface area contributed by atoms with E-state index < -0.39 is 0 Å². The van der Waals surface area contributed by atoms with Crippen LogP contribution in [0, 0.1) is 5.92 Å².